The lowest BCUT2D eigenvalue weighted by molar-refractivity contribution is -0.124. The van der Waals surface area contributed by atoms with E-state index < -0.39 is 0 Å². The number of anilines is 1. The molecule has 1 aromatic heterocycles. The molecule has 6 nitrogen and oxygen atoms in total. The van der Waals surface area contributed by atoms with E-state index in [-0.39, 0.29) is 24.2 Å². The number of carbonyl (C=O) groups excluding carboxylic acids is 2. The van der Waals surface area contributed by atoms with E-state index in [1.54, 1.807) is 12.4 Å². The van der Waals surface area contributed by atoms with Crippen LogP contribution in [0, 0.1) is 5.92 Å². The first-order valence-electron chi connectivity index (χ1n) is 6.32. The molecule has 1 saturated carbocycles. The molecule has 2 amide bonds. The van der Waals surface area contributed by atoms with Gasteiger partial charge in [-0.25, -0.2) is 4.98 Å². The van der Waals surface area contributed by atoms with E-state index >= 15 is 0 Å². The van der Waals surface area contributed by atoms with Crippen molar-refractivity contribution < 1.29 is 9.59 Å². The average Bonchev–Trinajstić information content (AvgIpc) is 3.00. The normalized spacial score (nSPS) is 15.6. The Hall–Kier alpha value is -1.85. The second-order valence-electron chi connectivity index (χ2n) is 4.51. The van der Waals surface area contributed by atoms with E-state index in [1.165, 1.54) is 0 Å². The number of H-pyrrole nitrogens is 1. The summed E-state index contributed by atoms with van der Waals surface area (Å²) in [5.74, 6) is 0.509. The molecule has 1 aliphatic rings. The minimum atomic E-state index is -0.156. The van der Waals surface area contributed by atoms with E-state index in [4.69, 9.17) is 0 Å². The van der Waals surface area contributed by atoms with Crippen molar-refractivity contribution in [2.45, 2.75) is 32.1 Å². The van der Waals surface area contributed by atoms with Gasteiger partial charge in [0.15, 0.2) is 0 Å². The molecule has 0 aromatic carbocycles. The highest BCUT2D eigenvalue weighted by molar-refractivity contribution is 5.89. The van der Waals surface area contributed by atoms with Gasteiger partial charge in [-0.2, -0.15) is 0 Å². The van der Waals surface area contributed by atoms with Gasteiger partial charge in [0.2, 0.25) is 17.8 Å². The molecule has 6 heteroatoms. The quantitative estimate of drug-likeness (QED) is 0.729. The van der Waals surface area contributed by atoms with Crippen LogP contribution in [0.15, 0.2) is 12.4 Å². The van der Waals surface area contributed by atoms with E-state index in [0.29, 0.717) is 12.5 Å². The number of nitrogens with zero attached hydrogens (tertiary/aromatic N) is 1. The summed E-state index contributed by atoms with van der Waals surface area (Å²) in [6.45, 7) is 0.377. The zero-order valence-corrected chi connectivity index (χ0v) is 10.2. The number of carbonyl (C=O) groups is 2. The minimum Gasteiger partial charge on any atom is -0.355 e. The van der Waals surface area contributed by atoms with E-state index in [0.717, 1.165) is 25.7 Å². The van der Waals surface area contributed by atoms with Crippen LogP contribution in [0.2, 0.25) is 0 Å². The molecule has 0 aliphatic heterocycles. The zero-order valence-electron chi connectivity index (χ0n) is 10.2. The number of hydrogen-bond acceptors (Lipinski definition) is 3. The van der Waals surface area contributed by atoms with Gasteiger partial charge < -0.3 is 10.3 Å². The molecule has 98 valence electrons. The standard InChI is InChI=1S/C12H18N4O2/c17-10(16-12-14-7-8-15-12)5-6-13-11(18)9-3-1-2-4-9/h7-9H,1-6H2,(H,13,18)(H2,14,15,16,17). The van der Waals surface area contributed by atoms with Crippen molar-refractivity contribution in [2.75, 3.05) is 11.9 Å². The lowest BCUT2D eigenvalue weighted by atomic mass is 10.1. The van der Waals surface area contributed by atoms with Crippen LogP contribution >= 0.6 is 0 Å². The minimum absolute atomic E-state index is 0.0818. The van der Waals surface area contributed by atoms with Crippen LogP contribution in [0.3, 0.4) is 0 Å². The predicted molar refractivity (Wildman–Crippen MR) is 66.8 cm³/mol. The van der Waals surface area contributed by atoms with Crippen LogP contribution in [-0.4, -0.2) is 28.3 Å². The second-order valence-corrected chi connectivity index (χ2v) is 4.51. The molecule has 3 N–H and O–H groups in total. The van der Waals surface area contributed by atoms with Crippen molar-refractivity contribution in [1.82, 2.24) is 15.3 Å². The smallest absolute Gasteiger partial charge is 0.228 e. The number of hydrogen-bond donors (Lipinski definition) is 3. The summed E-state index contributed by atoms with van der Waals surface area (Å²) in [7, 11) is 0. The van der Waals surface area contributed by atoms with Crippen molar-refractivity contribution in [2.24, 2.45) is 5.92 Å². The fraction of sp³-hybridized carbons (Fsp3) is 0.583. The van der Waals surface area contributed by atoms with Gasteiger partial charge in [0.25, 0.3) is 0 Å². The van der Waals surface area contributed by atoms with Crippen molar-refractivity contribution in [3.05, 3.63) is 12.4 Å². The van der Waals surface area contributed by atoms with Crippen molar-refractivity contribution >= 4 is 17.8 Å². The fourth-order valence-corrected chi connectivity index (χ4v) is 2.16. The Bertz CT molecular complexity index is 396. The van der Waals surface area contributed by atoms with Gasteiger partial charge in [-0.05, 0) is 12.8 Å². The number of nitrogens with one attached hydrogen (secondary N) is 3. The van der Waals surface area contributed by atoms with Crippen LogP contribution in [0.1, 0.15) is 32.1 Å². The molecule has 1 aromatic rings. The van der Waals surface area contributed by atoms with Gasteiger partial charge in [-0.3, -0.25) is 14.9 Å². The third-order valence-corrected chi connectivity index (χ3v) is 3.13. The van der Waals surface area contributed by atoms with Crippen LogP contribution in [0.25, 0.3) is 0 Å². The Morgan fingerprint density at radius 1 is 1.39 bits per heavy atom. The molecular weight excluding hydrogens is 232 g/mol. The van der Waals surface area contributed by atoms with Crippen molar-refractivity contribution in [1.29, 1.82) is 0 Å². The van der Waals surface area contributed by atoms with Gasteiger partial charge in [-0.15, -0.1) is 0 Å². The third-order valence-electron chi connectivity index (χ3n) is 3.13. The molecule has 18 heavy (non-hydrogen) atoms. The Kier molecular flexibility index (Phi) is 4.33. The number of amides is 2. The SMILES string of the molecule is O=C(CCNC(=O)C1CCCC1)Nc1ncc[nH]1. The van der Waals surface area contributed by atoms with Crippen molar-refractivity contribution in [3.63, 3.8) is 0 Å². The molecule has 0 unspecified atom stereocenters. The van der Waals surface area contributed by atoms with E-state index in [9.17, 15) is 9.59 Å². The molecule has 0 radical (unpaired) electrons. The van der Waals surface area contributed by atoms with Crippen LogP contribution in [0.5, 0.6) is 0 Å². The van der Waals surface area contributed by atoms with E-state index in [1.807, 2.05) is 0 Å². The lowest BCUT2D eigenvalue weighted by Crippen LogP contribution is -2.32. The van der Waals surface area contributed by atoms with Crippen LogP contribution in [0.4, 0.5) is 5.95 Å². The molecule has 1 fully saturated rings. The predicted octanol–water partition coefficient (Wildman–Crippen LogP) is 1.04. The number of imidazole rings is 1. The Morgan fingerprint density at radius 3 is 2.83 bits per heavy atom. The summed E-state index contributed by atoms with van der Waals surface area (Å²) >= 11 is 0. The third kappa shape index (κ3) is 3.58. The summed E-state index contributed by atoms with van der Waals surface area (Å²) in [5, 5.41) is 5.41. The fourth-order valence-electron chi connectivity index (χ4n) is 2.16. The first-order valence-corrected chi connectivity index (χ1v) is 6.32. The molecule has 0 saturated heterocycles. The average molecular weight is 250 g/mol. The first kappa shape index (κ1) is 12.6. The lowest BCUT2D eigenvalue weighted by Gasteiger charge is -2.09. The molecule has 0 bridgehead atoms. The Morgan fingerprint density at radius 2 is 2.17 bits per heavy atom. The first-order chi connectivity index (χ1) is 8.75. The van der Waals surface area contributed by atoms with Gasteiger partial charge in [-0.1, -0.05) is 12.8 Å². The molecule has 1 heterocycles. The van der Waals surface area contributed by atoms with Gasteiger partial charge >= 0.3 is 0 Å². The maximum atomic E-state index is 11.7. The Balaban J connectivity index is 1.62. The summed E-state index contributed by atoms with van der Waals surface area (Å²) < 4.78 is 0. The molecule has 0 spiro atoms. The second kappa shape index (κ2) is 6.18. The van der Waals surface area contributed by atoms with E-state index in [2.05, 4.69) is 20.6 Å². The molecular formula is C12H18N4O2. The van der Waals surface area contributed by atoms with Gasteiger partial charge in [0.05, 0.1) is 0 Å². The monoisotopic (exact) mass is 250 g/mol. The summed E-state index contributed by atoms with van der Waals surface area (Å²) in [5.41, 5.74) is 0. The highest BCUT2D eigenvalue weighted by Crippen LogP contribution is 2.24. The molecule has 2 rings (SSSR count). The van der Waals surface area contributed by atoms with Crippen LogP contribution in [-0.2, 0) is 9.59 Å². The number of rotatable bonds is 5. The summed E-state index contributed by atoms with van der Waals surface area (Å²) in [6, 6.07) is 0. The maximum absolute atomic E-state index is 11.7. The van der Waals surface area contributed by atoms with Crippen molar-refractivity contribution in [3.8, 4) is 0 Å². The van der Waals surface area contributed by atoms with Gasteiger partial charge in [0, 0.05) is 31.3 Å². The largest absolute Gasteiger partial charge is 0.355 e. The molecule has 0 atom stereocenters. The van der Waals surface area contributed by atoms with Gasteiger partial charge in [0.1, 0.15) is 0 Å². The molecule has 1 aliphatic carbocycles. The maximum Gasteiger partial charge on any atom is 0.228 e. The highest BCUT2D eigenvalue weighted by atomic mass is 16.2. The number of aromatic amines is 1. The zero-order chi connectivity index (χ0) is 12.8. The van der Waals surface area contributed by atoms with Crippen LogP contribution < -0.4 is 10.6 Å². The Labute approximate surface area is 106 Å². The number of aromatic nitrogens is 2. The highest BCUT2D eigenvalue weighted by Gasteiger charge is 2.22. The topological polar surface area (TPSA) is 86.9 Å². The summed E-state index contributed by atoms with van der Waals surface area (Å²) in [4.78, 5) is 29.8. The summed E-state index contributed by atoms with van der Waals surface area (Å²) in [6.07, 6.45) is 7.69.